The fourth-order valence-electron chi connectivity index (χ4n) is 1.62. The maximum atomic E-state index is 12.0. The number of carbonyl (C=O) groups excluding carboxylic acids is 1. The van der Waals surface area contributed by atoms with Crippen LogP contribution in [0, 0.1) is 6.92 Å². The molecule has 92 valence electrons. The third-order valence-corrected chi connectivity index (χ3v) is 2.85. The number of amides is 1. The summed E-state index contributed by atoms with van der Waals surface area (Å²) in [7, 11) is 0. The number of hydrogen-bond donors (Lipinski definition) is 2. The van der Waals surface area contributed by atoms with E-state index in [0.717, 1.165) is 15.7 Å². The van der Waals surface area contributed by atoms with Gasteiger partial charge in [-0.05, 0) is 36.8 Å². The molecule has 0 atom stereocenters. The van der Waals surface area contributed by atoms with Crippen molar-refractivity contribution in [3.8, 4) is 0 Å². The zero-order valence-electron chi connectivity index (χ0n) is 9.77. The van der Waals surface area contributed by atoms with Crippen LogP contribution in [0.4, 0.5) is 11.4 Å². The standard InChI is InChI=1S/C13H12BrN3O/c1-8-4-9(14)6-10(5-8)17-13(18)11-2-3-16-7-12(11)15/h2-7H,15H2,1H3,(H,17,18). The minimum absolute atomic E-state index is 0.243. The average molecular weight is 306 g/mol. The molecule has 0 bridgehead atoms. The highest BCUT2D eigenvalue weighted by Gasteiger charge is 2.09. The SMILES string of the molecule is Cc1cc(Br)cc(NC(=O)c2ccncc2N)c1. The average Bonchev–Trinajstić information content (AvgIpc) is 2.27. The van der Waals surface area contributed by atoms with Gasteiger partial charge < -0.3 is 11.1 Å². The highest BCUT2D eigenvalue weighted by molar-refractivity contribution is 9.10. The van der Waals surface area contributed by atoms with Crippen LogP contribution < -0.4 is 11.1 Å². The van der Waals surface area contributed by atoms with Crippen molar-refractivity contribution in [1.29, 1.82) is 0 Å². The van der Waals surface area contributed by atoms with E-state index < -0.39 is 0 Å². The molecule has 0 unspecified atom stereocenters. The van der Waals surface area contributed by atoms with Crippen molar-refractivity contribution in [2.45, 2.75) is 6.92 Å². The summed E-state index contributed by atoms with van der Waals surface area (Å²) in [6.45, 7) is 1.96. The second-order valence-electron chi connectivity index (χ2n) is 3.93. The summed E-state index contributed by atoms with van der Waals surface area (Å²) in [5.74, 6) is -0.243. The smallest absolute Gasteiger partial charge is 0.257 e. The van der Waals surface area contributed by atoms with E-state index in [1.165, 1.54) is 12.4 Å². The van der Waals surface area contributed by atoms with Gasteiger partial charge in [-0.15, -0.1) is 0 Å². The topological polar surface area (TPSA) is 68.0 Å². The number of hydrogen-bond acceptors (Lipinski definition) is 3. The van der Waals surface area contributed by atoms with Crippen molar-refractivity contribution in [2.24, 2.45) is 0 Å². The largest absolute Gasteiger partial charge is 0.397 e. The van der Waals surface area contributed by atoms with E-state index in [2.05, 4.69) is 26.2 Å². The van der Waals surface area contributed by atoms with Crippen molar-refractivity contribution in [2.75, 3.05) is 11.1 Å². The number of nitrogens with one attached hydrogen (secondary N) is 1. The van der Waals surface area contributed by atoms with E-state index in [1.807, 2.05) is 25.1 Å². The molecule has 0 fully saturated rings. The van der Waals surface area contributed by atoms with E-state index in [-0.39, 0.29) is 5.91 Å². The zero-order valence-corrected chi connectivity index (χ0v) is 11.4. The first kappa shape index (κ1) is 12.6. The Morgan fingerprint density at radius 2 is 2.17 bits per heavy atom. The first-order valence-electron chi connectivity index (χ1n) is 5.34. The Morgan fingerprint density at radius 3 is 2.83 bits per heavy atom. The minimum Gasteiger partial charge on any atom is -0.397 e. The van der Waals surface area contributed by atoms with Gasteiger partial charge in [-0.3, -0.25) is 9.78 Å². The monoisotopic (exact) mass is 305 g/mol. The quantitative estimate of drug-likeness (QED) is 0.896. The molecule has 2 rings (SSSR count). The molecule has 4 nitrogen and oxygen atoms in total. The lowest BCUT2D eigenvalue weighted by Crippen LogP contribution is -2.14. The van der Waals surface area contributed by atoms with Gasteiger partial charge in [-0.1, -0.05) is 15.9 Å². The summed E-state index contributed by atoms with van der Waals surface area (Å²) in [5.41, 5.74) is 8.27. The van der Waals surface area contributed by atoms with E-state index >= 15 is 0 Å². The number of pyridine rings is 1. The van der Waals surface area contributed by atoms with Crippen LogP contribution in [0.3, 0.4) is 0 Å². The molecule has 3 N–H and O–H groups in total. The summed E-state index contributed by atoms with van der Waals surface area (Å²) < 4.78 is 0.917. The Hall–Kier alpha value is -1.88. The molecule has 18 heavy (non-hydrogen) atoms. The fourth-order valence-corrected chi connectivity index (χ4v) is 2.23. The molecular formula is C13H12BrN3O. The summed E-state index contributed by atoms with van der Waals surface area (Å²) >= 11 is 3.39. The third kappa shape index (κ3) is 2.87. The number of carbonyl (C=O) groups is 1. The normalized spacial score (nSPS) is 10.1. The van der Waals surface area contributed by atoms with Crippen LogP contribution >= 0.6 is 15.9 Å². The van der Waals surface area contributed by atoms with E-state index in [4.69, 9.17) is 5.73 Å². The molecule has 1 heterocycles. The molecule has 0 saturated heterocycles. The Kier molecular flexibility index (Phi) is 3.62. The molecule has 0 aliphatic heterocycles. The number of aryl methyl sites for hydroxylation is 1. The lowest BCUT2D eigenvalue weighted by Gasteiger charge is -2.08. The lowest BCUT2D eigenvalue weighted by atomic mass is 10.2. The van der Waals surface area contributed by atoms with Crippen molar-refractivity contribution in [3.63, 3.8) is 0 Å². The van der Waals surface area contributed by atoms with Gasteiger partial charge in [0.05, 0.1) is 17.4 Å². The van der Waals surface area contributed by atoms with Gasteiger partial charge in [0.25, 0.3) is 5.91 Å². The summed E-state index contributed by atoms with van der Waals surface area (Å²) in [6, 6.07) is 7.29. The number of halogens is 1. The van der Waals surface area contributed by atoms with E-state index in [9.17, 15) is 4.79 Å². The molecule has 1 aromatic heterocycles. The molecule has 5 heteroatoms. The van der Waals surface area contributed by atoms with Crippen LogP contribution in [0.5, 0.6) is 0 Å². The van der Waals surface area contributed by atoms with Crippen LogP contribution in [0.2, 0.25) is 0 Å². The molecule has 0 aliphatic rings. The Balaban J connectivity index is 2.24. The predicted octanol–water partition coefficient (Wildman–Crippen LogP) is 2.99. The number of nitrogen functional groups attached to an aromatic ring is 1. The molecule has 0 spiro atoms. The highest BCUT2D eigenvalue weighted by atomic mass is 79.9. The van der Waals surface area contributed by atoms with Crippen LogP contribution in [-0.4, -0.2) is 10.9 Å². The van der Waals surface area contributed by atoms with Crippen molar-refractivity contribution in [3.05, 3.63) is 52.3 Å². The Bertz CT molecular complexity index is 578. The number of anilines is 2. The van der Waals surface area contributed by atoms with Gasteiger partial charge in [0, 0.05) is 16.4 Å². The maximum Gasteiger partial charge on any atom is 0.257 e. The Labute approximate surface area is 113 Å². The van der Waals surface area contributed by atoms with Gasteiger partial charge in [0.15, 0.2) is 0 Å². The molecule has 2 aromatic rings. The van der Waals surface area contributed by atoms with Crippen LogP contribution in [0.1, 0.15) is 15.9 Å². The van der Waals surface area contributed by atoms with Crippen molar-refractivity contribution < 1.29 is 4.79 Å². The molecule has 0 radical (unpaired) electrons. The van der Waals surface area contributed by atoms with Gasteiger partial charge in [-0.25, -0.2) is 0 Å². The number of rotatable bonds is 2. The molecule has 1 amide bonds. The maximum absolute atomic E-state index is 12.0. The highest BCUT2D eigenvalue weighted by Crippen LogP contribution is 2.20. The van der Waals surface area contributed by atoms with Gasteiger partial charge >= 0.3 is 0 Å². The first-order chi connectivity index (χ1) is 8.56. The predicted molar refractivity (Wildman–Crippen MR) is 75.5 cm³/mol. The molecular weight excluding hydrogens is 294 g/mol. The Morgan fingerprint density at radius 1 is 1.39 bits per heavy atom. The van der Waals surface area contributed by atoms with Gasteiger partial charge in [0.2, 0.25) is 0 Å². The van der Waals surface area contributed by atoms with Crippen LogP contribution in [0.15, 0.2) is 41.1 Å². The number of benzene rings is 1. The summed E-state index contributed by atoms with van der Waals surface area (Å²) in [4.78, 5) is 15.9. The van der Waals surface area contributed by atoms with E-state index in [1.54, 1.807) is 6.07 Å². The zero-order chi connectivity index (χ0) is 13.1. The minimum atomic E-state index is -0.243. The van der Waals surface area contributed by atoms with Crippen LogP contribution in [0.25, 0.3) is 0 Å². The first-order valence-corrected chi connectivity index (χ1v) is 6.13. The molecule has 1 aromatic carbocycles. The fraction of sp³-hybridized carbons (Fsp3) is 0.0769. The summed E-state index contributed by atoms with van der Waals surface area (Å²) in [6.07, 6.45) is 3.00. The molecule has 0 saturated carbocycles. The molecule has 0 aliphatic carbocycles. The lowest BCUT2D eigenvalue weighted by molar-refractivity contribution is 0.102. The van der Waals surface area contributed by atoms with Gasteiger partial charge in [0.1, 0.15) is 0 Å². The second-order valence-corrected chi connectivity index (χ2v) is 4.85. The second kappa shape index (κ2) is 5.18. The van der Waals surface area contributed by atoms with Crippen molar-refractivity contribution in [1.82, 2.24) is 4.98 Å². The number of nitrogens with two attached hydrogens (primary N) is 1. The van der Waals surface area contributed by atoms with Gasteiger partial charge in [-0.2, -0.15) is 0 Å². The van der Waals surface area contributed by atoms with E-state index in [0.29, 0.717) is 11.3 Å². The number of nitrogens with zero attached hydrogens (tertiary/aromatic N) is 1. The third-order valence-electron chi connectivity index (χ3n) is 2.40. The number of aromatic nitrogens is 1. The van der Waals surface area contributed by atoms with Crippen LogP contribution in [-0.2, 0) is 0 Å². The summed E-state index contributed by atoms with van der Waals surface area (Å²) in [5, 5.41) is 2.80. The van der Waals surface area contributed by atoms with Crippen molar-refractivity contribution >= 4 is 33.2 Å².